The molecule has 0 aliphatic heterocycles. The standard InChI is InChI=1S/C27H24N2O2/c1-18-24(26(30)28-25(20-16-17-20)19-10-4-2-5-11-19)22-14-8-9-15-23(22)27(31)29(18)21-12-6-3-7-13-21/h2-15,20,25H,16-17H2,1H3,(H,28,30)/t25-/m0/s1. The van der Waals surface area contributed by atoms with Gasteiger partial charge in [0.2, 0.25) is 0 Å². The lowest BCUT2D eigenvalue weighted by Gasteiger charge is -2.22. The average Bonchev–Trinajstić information content (AvgIpc) is 3.64. The van der Waals surface area contributed by atoms with Crippen molar-refractivity contribution in [3.05, 3.63) is 112 Å². The van der Waals surface area contributed by atoms with Crippen LogP contribution in [0.3, 0.4) is 0 Å². The molecule has 0 bridgehead atoms. The largest absolute Gasteiger partial charge is 0.345 e. The number of benzene rings is 3. The molecular formula is C27H24N2O2. The fraction of sp³-hybridized carbons (Fsp3) is 0.185. The van der Waals surface area contributed by atoms with E-state index in [2.05, 4.69) is 17.4 Å². The number of hydrogen-bond donors (Lipinski definition) is 1. The normalized spacial score (nSPS) is 14.4. The molecule has 1 fully saturated rings. The minimum atomic E-state index is -0.140. The molecule has 4 heteroatoms. The van der Waals surface area contributed by atoms with E-state index in [-0.39, 0.29) is 17.5 Å². The van der Waals surface area contributed by atoms with Gasteiger partial charge >= 0.3 is 0 Å². The zero-order valence-electron chi connectivity index (χ0n) is 17.4. The Hall–Kier alpha value is -3.66. The monoisotopic (exact) mass is 408 g/mol. The first-order chi connectivity index (χ1) is 15.1. The molecule has 1 amide bonds. The van der Waals surface area contributed by atoms with Gasteiger partial charge in [0.15, 0.2) is 0 Å². The average molecular weight is 409 g/mol. The number of carbonyl (C=O) groups is 1. The van der Waals surface area contributed by atoms with Gasteiger partial charge in [-0.25, -0.2) is 0 Å². The molecule has 0 spiro atoms. The van der Waals surface area contributed by atoms with E-state index in [1.54, 1.807) is 10.6 Å². The third kappa shape index (κ3) is 3.55. The van der Waals surface area contributed by atoms with Gasteiger partial charge in [-0.15, -0.1) is 0 Å². The smallest absolute Gasteiger partial charge is 0.263 e. The number of fused-ring (bicyclic) bond motifs is 1. The maximum atomic E-state index is 13.7. The minimum Gasteiger partial charge on any atom is -0.345 e. The summed E-state index contributed by atoms with van der Waals surface area (Å²) in [6.07, 6.45) is 2.23. The summed E-state index contributed by atoms with van der Waals surface area (Å²) in [4.78, 5) is 27.0. The molecule has 0 radical (unpaired) electrons. The molecule has 0 saturated heterocycles. The highest BCUT2D eigenvalue weighted by Gasteiger charge is 2.34. The molecule has 3 aromatic carbocycles. The summed E-state index contributed by atoms with van der Waals surface area (Å²) in [5.74, 6) is 0.317. The number of carbonyl (C=O) groups excluding carboxylic acids is 1. The summed E-state index contributed by atoms with van der Waals surface area (Å²) in [6.45, 7) is 1.85. The molecule has 1 saturated carbocycles. The second-order valence-electron chi connectivity index (χ2n) is 8.18. The summed E-state index contributed by atoms with van der Waals surface area (Å²) < 4.78 is 1.64. The SMILES string of the molecule is Cc1c(C(=O)N[C@@H](c2ccccc2)C2CC2)c2ccccc2c(=O)n1-c1ccccc1. The van der Waals surface area contributed by atoms with Gasteiger partial charge in [-0.2, -0.15) is 0 Å². The van der Waals surface area contributed by atoms with Crippen LogP contribution in [0.25, 0.3) is 16.5 Å². The second-order valence-corrected chi connectivity index (χ2v) is 8.18. The van der Waals surface area contributed by atoms with Crippen LogP contribution < -0.4 is 10.9 Å². The lowest BCUT2D eigenvalue weighted by molar-refractivity contribution is 0.0932. The fourth-order valence-electron chi connectivity index (χ4n) is 4.42. The second kappa shape index (κ2) is 7.88. The van der Waals surface area contributed by atoms with Crippen molar-refractivity contribution in [3.63, 3.8) is 0 Å². The Labute approximate surface area is 181 Å². The van der Waals surface area contributed by atoms with E-state index < -0.39 is 0 Å². The Morgan fingerprint density at radius 1 is 0.871 bits per heavy atom. The van der Waals surface area contributed by atoms with Crippen LogP contribution in [0, 0.1) is 12.8 Å². The van der Waals surface area contributed by atoms with Crippen molar-refractivity contribution in [3.8, 4) is 5.69 Å². The van der Waals surface area contributed by atoms with Crippen molar-refractivity contribution < 1.29 is 4.79 Å². The van der Waals surface area contributed by atoms with E-state index in [1.807, 2.05) is 73.7 Å². The fourth-order valence-corrected chi connectivity index (χ4v) is 4.42. The van der Waals surface area contributed by atoms with Crippen LogP contribution in [0.4, 0.5) is 0 Å². The van der Waals surface area contributed by atoms with Gasteiger partial charge in [-0.1, -0.05) is 66.7 Å². The van der Waals surface area contributed by atoms with Gasteiger partial charge in [0.05, 0.1) is 11.6 Å². The molecule has 0 unspecified atom stereocenters. The van der Waals surface area contributed by atoms with E-state index in [1.165, 1.54) is 0 Å². The maximum Gasteiger partial charge on any atom is 0.263 e. The number of pyridine rings is 1. The molecule has 4 aromatic rings. The zero-order chi connectivity index (χ0) is 21.4. The molecule has 1 atom stereocenters. The number of para-hydroxylation sites is 1. The Kier molecular flexibility index (Phi) is 4.91. The first-order valence-corrected chi connectivity index (χ1v) is 10.7. The summed E-state index contributed by atoms with van der Waals surface area (Å²) >= 11 is 0. The topological polar surface area (TPSA) is 51.1 Å². The van der Waals surface area contributed by atoms with E-state index in [9.17, 15) is 9.59 Å². The zero-order valence-corrected chi connectivity index (χ0v) is 17.4. The number of hydrogen-bond acceptors (Lipinski definition) is 2. The van der Waals surface area contributed by atoms with Crippen molar-refractivity contribution in [2.24, 2.45) is 5.92 Å². The van der Waals surface area contributed by atoms with Gasteiger partial charge in [0, 0.05) is 22.2 Å². The lowest BCUT2D eigenvalue weighted by Crippen LogP contribution is -2.33. The Morgan fingerprint density at radius 3 is 2.10 bits per heavy atom. The molecule has 31 heavy (non-hydrogen) atoms. The highest BCUT2D eigenvalue weighted by Crippen LogP contribution is 2.41. The molecule has 4 nitrogen and oxygen atoms in total. The van der Waals surface area contributed by atoms with Crippen LogP contribution in [0.5, 0.6) is 0 Å². The lowest BCUT2D eigenvalue weighted by atomic mass is 9.99. The van der Waals surface area contributed by atoms with Crippen molar-refractivity contribution in [1.82, 2.24) is 9.88 Å². The quantitative estimate of drug-likeness (QED) is 0.495. The molecule has 1 aliphatic carbocycles. The van der Waals surface area contributed by atoms with Gasteiger partial charge in [0.1, 0.15) is 0 Å². The number of nitrogens with zero attached hydrogens (tertiary/aromatic N) is 1. The summed E-state index contributed by atoms with van der Waals surface area (Å²) in [7, 11) is 0. The molecule has 1 aromatic heterocycles. The van der Waals surface area contributed by atoms with Crippen LogP contribution in [-0.4, -0.2) is 10.5 Å². The number of aromatic nitrogens is 1. The number of nitrogens with one attached hydrogen (secondary N) is 1. The van der Waals surface area contributed by atoms with Crippen LogP contribution in [-0.2, 0) is 0 Å². The van der Waals surface area contributed by atoms with Gasteiger partial charge in [0.25, 0.3) is 11.5 Å². The van der Waals surface area contributed by atoms with E-state index in [0.717, 1.165) is 24.1 Å². The third-order valence-corrected chi connectivity index (χ3v) is 6.11. The van der Waals surface area contributed by atoms with E-state index >= 15 is 0 Å². The van der Waals surface area contributed by atoms with Gasteiger partial charge in [-0.3, -0.25) is 14.2 Å². The number of rotatable bonds is 5. The molecular weight excluding hydrogens is 384 g/mol. The summed E-state index contributed by atoms with van der Waals surface area (Å²) in [5.41, 5.74) is 2.97. The van der Waals surface area contributed by atoms with Gasteiger partial charge in [-0.05, 0) is 49.4 Å². The highest BCUT2D eigenvalue weighted by molar-refractivity contribution is 6.08. The Balaban J connectivity index is 1.65. The molecule has 154 valence electrons. The molecule has 1 heterocycles. The summed E-state index contributed by atoms with van der Waals surface area (Å²) in [6, 6.07) is 27.0. The van der Waals surface area contributed by atoms with E-state index in [4.69, 9.17) is 0 Å². The Morgan fingerprint density at radius 2 is 1.45 bits per heavy atom. The van der Waals surface area contributed by atoms with Crippen molar-refractivity contribution in [2.75, 3.05) is 0 Å². The van der Waals surface area contributed by atoms with Crippen LogP contribution in [0.2, 0.25) is 0 Å². The van der Waals surface area contributed by atoms with Crippen LogP contribution in [0.15, 0.2) is 89.7 Å². The summed E-state index contributed by atoms with van der Waals surface area (Å²) in [5, 5.41) is 4.53. The first kappa shape index (κ1) is 19.3. The van der Waals surface area contributed by atoms with Crippen molar-refractivity contribution in [1.29, 1.82) is 0 Å². The molecule has 1 N–H and O–H groups in total. The van der Waals surface area contributed by atoms with Gasteiger partial charge < -0.3 is 5.32 Å². The highest BCUT2D eigenvalue weighted by atomic mass is 16.2. The maximum absolute atomic E-state index is 13.7. The van der Waals surface area contributed by atoms with Crippen LogP contribution in [0.1, 0.15) is 40.5 Å². The van der Waals surface area contributed by atoms with Crippen LogP contribution >= 0.6 is 0 Å². The van der Waals surface area contributed by atoms with E-state index in [0.29, 0.717) is 27.9 Å². The first-order valence-electron chi connectivity index (χ1n) is 10.7. The molecule has 5 rings (SSSR count). The third-order valence-electron chi connectivity index (χ3n) is 6.11. The van der Waals surface area contributed by atoms with Crippen molar-refractivity contribution in [2.45, 2.75) is 25.8 Å². The molecule has 1 aliphatic rings. The van der Waals surface area contributed by atoms with Crippen molar-refractivity contribution >= 4 is 16.7 Å². The number of amides is 1. The Bertz CT molecular complexity index is 1310. The predicted octanol–water partition coefficient (Wildman–Crippen LogP) is 5.18. The minimum absolute atomic E-state index is 0.0241. The predicted molar refractivity (Wildman–Crippen MR) is 124 cm³/mol.